The summed E-state index contributed by atoms with van der Waals surface area (Å²) in [6.07, 6.45) is 0. The molecule has 1 aromatic heterocycles. The molecule has 140 valence electrons. The van der Waals surface area contributed by atoms with Gasteiger partial charge in [-0.2, -0.15) is 0 Å². The highest BCUT2D eigenvalue weighted by Gasteiger charge is 2.15. The van der Waals surface area contributed by atoms with E-state index in [1.807, 2.05) is 6.92 Å². The maximum Gasteiger partial charge on any atom is 0.234 e. The molecule has 27 heavy (non-hydrogen) atoms. The van der Waals surface area contributed by atoms with Gasteiger partial charge >= 0.3 is 0 Å². The van der Waals surface area contributed by atoms with Gasteiger partial charge < -0.3 is 9.88 Å². The third kappa shape index (κ3) is 4.48. The summed E-state index contributed by atoms with van der Waals surface area (Å²) in [5.41, 5.74) is 0.749. The van der Waals surface area contributed by atoms with Gasteiger partial charge in [-0.05, 0) is 31.2 Å². The first-order valence-corrected chi connectivity index (χ1v) is 9.03. The third-order valence-corrected chi connectivity index (χ3v) is 4.62. The van der Waals surface area contributed by atoms with Gasteiger partial charge in [0.05, 0.1) is 5.75 Å². The molecular formula is C18H15F3N4OS. The van der Waals surface area contributed by atoms with E-state index in [0.29, 0.717) is 23.1 Å². The Morgan fingerprint density at radius 3 is 2.63 bits per heavy atom. The molecule has 1 heterocycles. The van der Waals surface area contributed by atoms with Gasteiger partial charge in [-0.3, -0.25) is 4.79 Å². The van der Waals surface area contributed by atoms with Crippen LogP contribution in [0.5, 0.6) is 0 Å². The van der Waals surface area contributed by atoms with Crippen molar-refractivity contribution >= 4 is 23.4 Å². The van der Waals surface area contributed by atoms with Gasteiger partial charge in [0.25, 0.3) is 0 Å². The summed E-state index contributed by atoms with van der Waals surface area (Å²) in [5.74, 6) is -2.29. The molecule has 0 saturated carbocycles. The molecule has 0 unspecified atom stereocenters. The van der Waals surface area contributed by atoms with Crippen molar-refractivity contribution in [2.45, 2.75) is 18.6 Å². The molecule has 5 nitrogen and oxygen atoms in total. The minimum Gasteiger partial charge on any atom is -0.325 e. The van der Waals surface area contributed by atoms with Crippen LogP contribution in [0, 0.1) is 17.5 Å². The number of halogens is 3. The molecule has 2 aromatic carbocycles. The fourth-order valence-corrected chi connectivity index (χ4v) is 3.23. The van der Waals surface area contributed by atoms with E-state index in [1.54, 1.807) is 16.7 Å². The van der Waals surface area contributed by atoms with Crippen molar-refractivity contribution in [3.8, 4) is 11.4 Å². The first-order valence-electron chi connectivity index (χ1n) is 8.04. The van der Waals surface area contributed by atoms with Gasteiger partial charge in [-0.1, -0.05) is 23.9 Å². The second-order valence-corrected chi connectivity index (χ2v) is 6.47. The highest BCUT2D eigenvalue weighted by Crippen LogP contribution is 2.24. The fourth-order valence-electron chi connectivity index (χ4n) is 2.42. The summed E-state index contributed by atoms with van der Waals surface area (Å²) >= 11 is 1.14. The zero-order chi connectivity index (χ0) is 19.4. The number of carbonyl (C=O) groups is 1. The number of carbonyl (C=O) groups excluding carboxylic acids is 1. The van der Waals surface area contributed by atoms with Gasteiger partial charge in [0.1, 0.15) is 5.82 Å². The van der Waals surface area contributed by atoms with Crippen LogP contribution in [0.15, 0.2) is 47.6 Å². The summed E-state index contributed by atoms with van der Waals surface area (Å²) in [7, 11) is 0. The van der Waals surface area contributed by atoms with Crippen molar-refractivity contribution in [1.29, 1.82) is 0 Å². The number of nitrogens with zero attached hydrogens (tertiary/aromatic N) is 3. The molecule has 3 rings (SSSR count). The smallest absolute Gasteiger partial charge is 0.234 e. The monoisotopic (exact) mass is 392 g/mol. The van der Waals surface area contributed by atoms with Crippen LogP contribution in [0.4, 0.5) is 18.9 Å². The van der Waals surface area contributed by atoms with Crippen LogP contribution in [0.25, 0.3) is 11.4 Å². The number of thioether (sulfide) groups is 1. The van der Waals surface area contributed by atoms with Crippen LogP contribution < -0.4 is 5.32 Å². The molecule has 0 bridgehead atoms. The summed E-state index contributed by atoms with van der Waals surface area (Å²) in [4.78, 5) is 12.0. The molecule has 0 spiro atoms. The van der Waals surface area contributed by atoms with E-state index < -0.39 is 17.5 Å². The van der Waals surface area contributed by atoms with Crippen LogP contribution in [0.2, 0.25) is 0 Å². The van der Waals surface area contributed by atoms with Gasteiger partial charge in [0.15, 0.2) is 22.6 Å². The quantitative estimate of drug-likeness (QED) is 0.642. The fraction of sp³-hybridized carbons (Fsp3) is 0.167. The maximum absolute atomic E-state index is 13.4. The number of hydrogen-bond acceptors (Lipinski definition) is 4. The van der Waals surface area contributed by atoms with E-state index in [-0.39, 0.29) is 17.3 Å². The lowest BCUT2D eigenvalue weighted by Crippen LogP contribution is -2.15. The van der Waals surface area contributed by atoms with Crippen molar-refractivity contribution in [3.63, 3.8) is 0 Å². The van der Waals surface area contributed by atoms with Gasteiger partial charge in [0, 0.05) is 23.9 Å². The zero-order valence-electron chi connectivity index (χ0n) is 14.2. The number of amides is 1. The molecule has 9 heteroatoms. The minimum atomic E-state index is -1.04. The molecule has 0 atom stereocenters. The van der Waals surface area contributed by atoms with E-state index >= 15 is 0 Å². The molecule has 0 radical (unpaired) electrons. The van der Waals surface area contributed by atoms with Gasteiger partial charge in [-0.15, -0.1) is 10.2 Å². The second-order valence-electron chi connectivity index (χ2n) is 5.53. The normalized spacial score (nSPS) is 10.8. The van der Waals surface area contributed by atoms with Crippen molar-refractivity contribution in [2.24, 2.45) is 0 Å². The number of benzene rings is 2. The summed E-state index contributed by atoms with van der Waals surface area (Å²) in [6.45, 7) is 2.42. The molecular weight excluding hydrogens is 377 g/mol. The number of hydrogen-bond donors (Lipinski definition) is 1. The average Bonchev–Trinajstić information content (AvgIpc) is 3.06. The Hall–Kier alpha value is -2.81. The van der Waals surface area contributed by atoms with E-state index in [4.69, 9.17) is 0 Å². The molecule has 1 amide bonds. The third-order valence-electron chi connectivity index (χ3n) is 3.65. The summed E-state index contributed by atoms with van der Waals surface area (Å²) in [6, 6.07) is 9.14. The molecule has 3 aromatic rings. The van der Waals surface area contributed by atoms with Crippen molar-refractivity contribution in [2.75, 3.05) is 11.1 Å². The first kappa shape index (κ1) is 19.0. The average molecular weight is 392 g/mol. The molecule has 0 saturated heterocycles. The minimum absolute atomic E-state index is 0.000277. The maximum atomic E-state index is 13.4. The van der Waals surface area contributed by atoms with Crippen LogP contribution in [0.1, 0.15) is 6.92 Å². The van der Waals surface area contributed by atoms with Crippen LogP contribution in [0.3, 0.4) is 0 Å². The van der Waals surface area contributed by atoms with Crippen molar-refractivity contribution in [3.05, 3.63) is 59.9 Å². The highest BCUT2D eigenvalue weighted by molar-refractivity contribution is 7.99. The van der Waals surface area contributed by atoms with Crippen LogP contribution in [-0.4, -0.2) is 26.4 Å². The lowest BCUT2D eigenvalue weighted by molar-refractivity contribution is -0.113. The van der Waals surface area contributed by atoms with Crippen molar-refractivity contribution < 1.29 is 18.0 Å². The number of nitrogens with one attached hydrogen (secondary N) is 1. The zero-order valence-corrected chi connectivity index (χ0v) is 15.1. The van der Waals surface area contributed by atoms with Crippen LogP contribution >= 0.6 is 11.8 Å². The standard InChI is InChI=1S/C18H15F3N4OS/c1-2-25-17(11-4-3-5-12(19)8-11)23-24-18(25)27-10-16(26)22-13-6-7-14(20)15(21)9-13/h3-9H,2,10H2,1H3,(H,22,26). The highest BCUT2D eigenvalue weighted by atomic mass is 32.2. The van der Waals surface area contributed by atoms with Crippen LogP contribution in [-0.2, 0) is 11.3 Å². The number of anilines is 1. The van der Waals surface area contributed by atoms with Gasteiger partial charge in [-0.25, -0.2) is 13.2 Å². The van der Waals surface area contributed by atoms with E-state index in [9.17, 15) is 18.0 Å². The molecule has 0 aliphatic carbocycles. The number of aromatic nitrogens is 3. The van der Waals surface area contributed by atoms with Crippen molar-refractivity contribution in [1.82, 2.24) is 14.8 Å². The SMILES string of the molecule is CCn1c(SCC(=O)Nc2ccc(F)c(F)c2)nnc1-c1cccc(F)c1. The molecule has 0 aliphatic rings. The Labute approximate surface area is 157 Å². The van der Waals surface area contributed by atoms with E-state index in [1.165, 1.54) is 18.2 Å². The topological polar surface area (TPSA) is 59.8 Å². The molecule has 1 N–H and O–H groups in total. The largest absolute Gasteiger partial charge is 0.325 e. The lowest BCUT2D eigenvalue weighted by atomic mass is 10.2. The van der Waals surface area contributed by atoms with E-state index in [2.05, 4.69) is 15.5 Å². The Bertz CT molecular complexity index is 977. The second kappa shape index (κ2) is 8.26. The molecule has 0 aliphatic heterocycles. The first-order chi connectivity index (χ1) is 13.0. The Kier molecular flexibility index (Phi) is 5.80. The summed E-state index contributed by atoms with van der Waals surface area (Å²) in [5, 5.41) is 11.1. The Morgan fingerprint density at radius 2 is 1.93 bits per heavy atom. The summed E-state index contributed by atoms with van der Waals surface area (Å²) < 4.78 is 41.3. The Morgan fingerprint density at radius 1 is 1.11 bits per heavy atom. The number of rotatable bonds is 6. The molecule has 0 fully saturated rings. The predicted molar refractivity (Wildman–Crippen MR) is 96.8 cm³/mol. The Balaban J connectivity index is 1.69. The lowest BCUT2D eigenvalue weighted by Gasteiger charge is -2.08. The van der Waals surface area contributed by atoms with E-state index in [0.717, 1.165) is 23.9 Å². The predicted octanol–water partition coefficient (Wildman–Crippen LogP) is 4.11. The van der Waals surface area contributed by atoms with Gasteiger partial charge in [0.2, 0.25) is 5.91 Å².